The molecule has 17 heteroatoms. The summed E-state index contributed by atoms with van der Waals surface area (Å²) in [6.07, 6.45) is 1.42. The van der Waals surface area contributed by atoms with E-state index in [-0.39, 0.29) is 41.6 Å². The van der Waals surface area contributed by atoms with E-state index in [1.807, 2.05) is 21.9 Å². The number of morpholine rings is 1. The summed E-state index contributed by atoms with van der Waals surface area (Å²) in [6.45, 7) is 5.20. The van der Waals surface area contributed by atoms with Crippen LogP contribution in [0.2, 0.25) is 0 Å². The second-order valence-corrected chi connectivity index (χ2v) is 17.1. The second kappa shape index (κ2) is 16.4. The number of para-hydroxylation sites is 1. The number of ether oxygens (including phenoxy) is 1. The third-order valence-corrected chi connectivity index (χ3v) is 13.4. The number of imidazole rings is 1. The Bertz CT molecular complexity index is 2440. The summed E-state index contributed by atoms with van der Waals surface area (Å²) in [5.41, 5.74) is 3.29. The van der Waals surface area contributed by atoms with Gasteiger partial charge in [0.25, 0.3) is 11.8 Å². The molecule has 2 N–H and O–H groups in total. The molecule has 1 atom stereocenters. The minimum absolute atomic E-state index is 0.0487. The lowest BCUT2D eigenvalue weighted by Crippen LogP contribution is -2.44. The molecule has 1 unspecified atom stereocenters. The number of halogens is 3. The van der Waals surface area contributed by atoms with E-state index in [0.717, 1.165) is 92.5 Å². The monoisotopic (exact) mass is 842 g/mol. The maximum Gasteiger partial charge on any atom is 0.433 e. The largest absolute Gasteiger partial charge is 0.433 e. The molecule has 3 saturated heterocycles. The van der Waals surface area contributed by atoms with Crippen LogP contribution in [0.4, 0.5) is 24.5 Å². The molecule has 1 aliphatic carbocycles. The molecular weight excluding hydrogens is 794 g/mol. The number of amides is 4. The van der Waals surface area contributed by atoms with Crippen molar-refractivity contribution in [3.8, 4) is 0 Å². The van der Waals surface area contributed by atoms with Gasteiger partial charge in [-0.25, -0.2) is 9.78 Å². The Morgan fingerprint density at radius 2 is 1.66 bits per heavy atom. The number of benzene rings is 2. The molecule has 5 aliphatic rings. The number of alkyl halides is 3. The molecular formula is C44H49F3N8O6. The SMILES string of the molecule is Cn1c(=O)n(C2CCC(=O)NC2=O)c2cccc(C3CCN(C[C@H]4CC[C@H](N5Cc6cc(NC(=O)c7cccc(C(F)(F)F)n7)c(N7CCOCC7)cc6C5=O)CC4)CC3)c21. The van der Waals surface area contributed by atoms with Gasteiger partial charge in [-0.05, 0) is 111 Å². The number of carbonyl (C=O) groups excluding carboxylic acids is 4. The zero-order valence-corrected chi connectivity index (χ0v) is 34.0. The summed E-state index contributed by atoms with van der Waals surface area (Å²) in [6, 6.07) is 12.1. The van der Waals surface area contributed by atoms with E-state index in [2.05, 4.69) is 26.6 Å². The van der Waals surface area contributed by atoms with E-state index in [1.54, 1.807) is 28.3 Å². The molecule has 2 aromatic heterocycles. The number of aromatic nitrogens is 3. The van der Waals surface area contributed by atoms with Gasteiger partial charge in [-0.2, -0.15) is 13.2 Å². The van der Waals surface area contributed by atoms with Crippen molar-refractivity contribution >= 4 is 46.0 Å². The van der Waals surface area contributed by atoms with E-state index in [9.17, 15) is 37.1 Å². The fourth-order valence-corrected chi connectivity index (χ4v) is 10.2. The molecule has 4 fully saturated rings. The number of carbonyl (C=O) groups is 4. The number of rotatable bonds is 8. The van der Waals surface area contributed by atoms with E-state index < -0.39 is 29.7 Å². The van der Waals surface area contributed by atoms with E-state index in [4.69, 9.17) is 4.74 Å². The average molecular weight is 843 g/mol. The first-order chi connectivity index (χ1) is 29.3. The number of likely N-dealkylation sites (tertiary alicyclic amines) is 1. The van der Waals surface area contributed by atoms with Gasteiger partial charge in [0, 0.05) is 51.3 Å². The first-order valence-corrected chi connectivity index (χ1v) is 21.3. The number of hydrogen-bond donors (Lipinski definition) is 2. The van der Waals surface area contributed by atoms with Crippen LogP contribution < -0.4 is 21.2 Å². The average Bonchev–Trinajstić information content (AvgIpc) is 3.71. The quantitative estimate of drug-likeness (QED) is 0.228. The highest BCUT2D eigenvalue weighted by Gasteiger charge is 2.38. The molecule has 14 nitrogen and oxygen atoms in total. The number of piperidine rings is 2. The van der Waals surface area contributed by atoms with Crippen LogP contribution in [-0.2, 0) is 34.1 Å². The van der Waals surface area contributed by atoms with Crippen LogP contribution >= 0.6 is 0 Å². The summed E-state index contributed by atoms with van der Waals surface area (Å²) >= 11 is 0. The Balaban J connectivity index is 0.826. The molecule has 2 aromatic carbocycles. The van der Waals surface area contributed by atoms with Gasteiger partial charge in [0.1, 0.15) is 17.4 Å². The molecule has 322 valence electrons. The Morgan fingerprint density at radius 3 is 2.38 bits per heavy atom. The molecule has 0 bridgehead atoms. The highest BCUT2D eigenvalue weighted by Crippen LogP contribution is 2.40. The van der Waals surface area contributed by atoms with Crippen molar-refractivity contribution in [1.29, 1.82) is 0 Å². The lowest BCUT2D eigenvalue weighted by atomic mass is 9.83. The smallest absolute Gasteiger partial charge is 0.378 e. The van der Waals surface area contributed by atoms with Crippen LogP contribution in [0.25, 0.3) is 11.0 Å². The summed E-state index contributed by atoms with van der Waals surface area (Å²) in [4.78, 5) is 75.4. The Kier molecular flexibility index (Phi) is 11.0. The standard InChI is InChI=1S/C44H49F3N8O6/c1-51-39-30(4-2-6-34(39)55(43(51)60)35-12-13-38(56)50-41(35)58)27-14-16-52(17-15-27)24-26-8-10-29(11-9-26)54-25-28-22-33(36(23-31(28)42(54)59)53-18-20-61-21-19-53)49-40(57)32-5-3-7-37(48-32)44(45,46)47/h2-7,22-23,26-27,29,35H,8-21,24-25H2,1H3,(H,49,57)(H,50,56,58)/t26-,29-,35?. The van der Waals surface area contributed by atoms with Crippen LogP contribution in [0.15, 0.2) is 53.3 Å². The second-order valence-electron chi connectivity index (χ2n) is 17.1. The van der Waals surface area contributed by atoms with Crippen molar-refractivity contribution in [2.75, 3.05) is 56.2 Å². The lowest BCUT2D eigenvalue weighted by molar-refractivity contribution is -0.141. The molecule has 0 radical (unpaired) electrons. The number of fused-ring (bicyclic) bond motifs is 2. The van der Waals surface area contributed by atoms with Crippen molar-refractivity contribution in [2.24, 2.45) is 13.0 Å². The topological polar surface area (TPSA) is 151 Å². The lowest BCUT2D eigenvalue weighted by Gasteiger charge is -2.38. The van der Waals surface area contributed by atoms with Gasteiger partial charge >= 0.3 is 11.9 Å². The van der Waals surface area contributed by atoms with Crippen molar-refractivity contribution in [3.05, 3.63) is 87.1 Å². The Labute approximate surface area is 350 Å². The van der Waals surface area contributed by atoms with Gasteiger partial charge in [0.05, 0.1) is 35.6 Å². The number of nitrogens with zero attached hydrogens (tertiary/aromatic N) is 6. The highest BCUT2D eigenvalue weighted by molar-refractivity contribution is 6.07. The maximum atomic E-state index is 14.0. The number of hydrogen-bond acceptors (Lipinski definition) is 9. The number of aryl methyl sites for hydroxylation is 1. The number of nitrogens with one attached hydrogen (secondary N) is 2. The fraction of sp³-hybridized carbons (Fsp3) is 0.500. The summed E-state index contributed by atoms with van der Waals surface area (Å²) in [5, 5.41) is 5.19. The summed E-state index contributed by atoms with van der Waals surface area (Å²) in [7, 11) is 1.75. The van der Waals surface area contributed by atoms with Crippen LogP contribution in [0, 0.1) is 5.92 Å². The molecule has 4 aliphatic heterocycles. The predicted molar refractivity (Wildman–Crippen MR) is 219 cm³/mol. The number of pyridine rings is 1. The minimum Gasteiger partial charge on any atom is -0.378 e. The first kappa shape index (κ1) is 40.8. The molecule has 4 aromatic rings. The molecule has 4 amide bonds. The van der Waals surface area contributed by atoms with Gasteiger partial charge in [0.2, 0.25) is 11.8 Å². The Hall–Kier alpha value is -5.55. The number of anilines is 2. The molecule has 6 heterocycles. The minimum atomic E-state index is -4.69. The zero-order chi connectivity index (χ0) is 42.6. The van der Waals surface area contributed by atoms with Gasteiger partial charge in [-0.1, -0.05) is 18.2 Å². The third kappa shape index (κ3) is 7.93. The fourth-order valence-electron chi connectivity index (χ4n) is 10.2. The van der Waals surface area contributed by atoms with E-state index in [1.165, 1.54) is 6.07 Å². The van der Waals surface area contributed by atoms with Crippen molar-refractivity contribution in [2.45, 2.75) is 82.1 Å². The van der Waals surface area contributed by atoms with Crippen molar-refractivity contribution < 1.29 is 37.1 Å². The van der Waals surface area contributed by atoms with Crippen molar-refractivity contribution in [3.63, 3.8) is 0 Å². The zero-order valence-electron chi connectivity index (χ0n) is 34.0. The normalized spacial score (nSPS) is 23.1. The van der Waals surface area contributed by atoms with Crippen LogP contribution in [0.1, 0.15) is 101 Å². The van der Waals surface area contributed by atoms with E-state index in [0.29, 0.717) is 62.1 Å². The summed E-state index contributed by atoms with van der Waals surface area (Å²) in [5.74, 6) is -0.813. The molecule has 0 spiro atoms. The van der Waals surface area contributed by atoms with Gasteiger partial charge in [-0.15, -0.1) is 0 Å². The van der Waals surface area contributed by atoms with Gasteiger partial charge in [0.15, 0.2) is 0 Å². The van der Waals surface area contributed by atoms with Crippen molar-refractivity contribution in [1.82, 2.24) is 29.2 Å². The third-order valence-electron chi connectivity index (χ3n) is 13.4. The Morgan fingerprint density at radius 1 is 0.918 bits per heavy atom. The van der Waals surface area contributed by atoms with Crippen LogP contribution in [0.3, 0.4) is 0 Å². The summed E-state index contributed by atoms with van der Waals surface area (Å²) < 4.78 is 48.9. The van der Waals surface area contributed by atoms with Gasteiger partial charge in [-0.3, -0.25) is 33.6 Å². The molecule has 61 heavy (non-hydrogen) atoms. The number of imide groups is 1. The van der Waals surface area contributed by atoms with Gasteiger partial charge < -0.3 is 24.8 Å². The predicted octanol–water partition coefficient (Wildman–Crippen LogP) is 5.21. The maximum absolute atomic E-state index is 14.0. The molecule has 1 saturated carbocycles. The van der Waals surface area contributed by atoms with Crippen LogP contribution in [0.5, 0.6) is 0 Å². The van der Waals surface area contributed by atoms with E-state index >= 15 is 0 Å². The molecule has 9 rings (SSSR count). The first-order valence-electron chi connectivity index (χ1n) is 21.3. The van der Waals surface area contributed by atoms with Crippen LogP contribution in [-0.4, -0.2) is 99.5 Å². The highest BCUT2D eigenvalue weighted by atomic mass is 19.4.